The average molecular weight is 719 g/mol. The van der Waals surface area contributed by atoms with E-state index in [1.165, 1.54) is 50.2 Å². The van der Waals surface area contributed by atoms with Gasteiger partial charge in [-0.3, -0.25) is 0 Å². The molecule has 0 atom stereocenters. The van der Waals surface area contributed by atoms with Crippen LogP contribution < -0.4 is 9.80 Å². The van der Waals surface area contributed by atoms with Gasteiger partial charge in [0.25, 0.3) is 0 Å². The topological polar surface area (TPSA) is 6.48 Å². The van der Waals surface area contributed by atoms with Crippen LogP contribution in [0.25, 0.3) is 35.4 Å². The number of hydrogen-bond acceptors (Lipinski definition) is 2. The Bertz CT molecular complexity index is 2460. The predicted octanol–water partition coefficient (Wildman–Crippen LogP) is 14.7. The molecule has 0 saturated heterocycles. The first-order valence-corrected chi connectivity index (χ1v) is 19.4. The van der Waals surface area contributed by atoms with Crippen molar-refractivity contribution in [3.8, 4) is 11.1 Å². The van der Waals surface area contributed by atoms with Crippen LogP contribution in [-0.4, -0.2) is 0 Å². The largest absolute Gasteiger partial charge is 0.310 e. The van der Waals surface area contributed by atoms with Gasteiger partial charge in [-0.15, -0.1) is 0 Å². The van der Waals surface area contributed by atoms with Gasteiger partial charge in [0.15, 0.2) is 0 Å². The van der Waals surface area contributed by atoms with Gasteiger partial charge in [-0.2, -0.15) is 0 Å². The fourth-order valence-corrected chi connectivity index (χ4v) is 7.68. The van der Waals surface area contributed by atoms with Gasteiger partial charge < -0.3 is 9.80 Å². The Balaban J connectivity index is 1.05. The third-order valence-electron chi connectivity index (χ3n) is 10.5. The molecule has 0 radical (unpaired) electrons. The second kappa shape index (κ2) is 16.1. The summed E-state index contributed by atoms with van der Waals surface area (Å²) in [5.74, 6) is 0. The van der Waals surface area contributed by atoms with Gasteiger partial charge >= 0.3 is 0 Å². The second-order valence-electron chi connectivity index (χ2n) is 14.2. The zero-order valence-corrected chi connectivity index (χ0v) is 31.2. The van der Waals surface area contributed by atoms with E-state index in [4.69, 9.17) is 0 Å². The zero-order valence-electron chi connectivity index (χ0n) is 31.2. The molecule has 0 fully saturated rings. The van der Waals surface area contributed by atoms with Gasteiger partial charge in [0.2, 0.25) is 0 Å². The molecule has 2 nitrogen and oxygen atoms in total. The quantitative estimate of drug-likeness (QED) is 0.130. The first kappa shape index (κ1) is 34.6. The Morgan fingerprint density at radius 1 is 0.268 bits per heavy atom. The van der Waals surface area contributed by atoms with E-state index in [9.17, 15) is 0 Å². The Morgan fingerprint density at radius 3 is 0.911 bits per heavy atom. The highest BCUT2D eigenvalue weighted by atomic mass is 15.1. The lowest BCUT2D eigenvalue weighted by molar-refractivity contribution is 0.940. The molecule has 56 heavy (non-hydrogen) atoms. The summed E-state index contributed by atoms with van der Waals surface area (Å²) in [6.45, 7) is 0. The SMILES string of the molecule is C(=Cc1ccc(N(c2ccc(C=Cc3ccccc3)cc2)c2ccc3c(c2)CCc2cc(N(c4ccccc4)c4ccccc4)ccc2-3)cc1)c1ccccc1. The molecule has 1 aliphatic carbocycles. The zero-order chi connectivity index (χ0) is 37.5. The molecule has 2 heteroatoms. The normalized spacial score (nSPS) is 12.0. The minimum absolute atomic E-state index is 0.983. The maximum Gasteiger partial charge on any atom is 0.0464 e. The van der Waals surface area contributed by atoms with Gasteiger partial charge in [0, 0.05) is 34.1 Å². The lowest BCUT2D eigenvalue weighted by Gasteiger charge is -2.29. The number of nitrogens with zero attached hydrogens (tertiary/aromatic N) is 2. The summed E-state index contributed by atoms with van der Waals surface area (Å²) in [6.07, 6.45) is 10.7. The molecular weight excluding hydrogens is 677 g/mol. The number of para-hydroxylation sites is 2. The standard InChI is InChI=1S/C54H42N2/c1-5-13-41(14-6-1)21-23-43-25-31-49(32-26-43)56(50-33-27-44(28-34-50)24-22-42-15-7-2-8-16-42)52-36-38-54-46(40-52)30-29-45-39-51(35-37-53(45)54)55(47-17-9-3-10-18-47)48-19-11-4-12-20-48/h1-28,31-40H,29-30H2. The van der Waals surface area contributed by atoms with Crippen molar-refractivity contribution in [3.05, 3.63) is 240 Å². The molecule has 268 valence electrons. The van der Waals surface area contributed by atoms with E-state index in [0.717, 1.165) is 41.3 Å². The van der Waals surface area contributed by atoms with Crippen molar-refractivity contribution in [3.63, 3.8) is 0 Å². The molecule has 0 aliphatic heterocycles. The molecule has 0 heterocycles. The van der Waals surface area contributed by atoms with Gasteiger partial charge in [-0.05, 0) is 130 Å². The third kappa shape index (κ3) is 7.59. The van der Waals surface area contributed by atoms with Crippen LogP contribution in [0.3, 0.4) is 0 Å². The summed E-state index contributed by atoms with van der Waals surface area (Å²) in [4.78, 5) is 4.73. The van der Waals surface area contributed by atoms with Gasteiger partial charge in [0.05, 0.1) is 0 Å². The molecule has 0 amide bonds. The van der Waals surface area contributed by atoms with Crippen LogP contribution in [0.1, 0.15) is 33.4 Å². The Morgan fingerprint density at radius 2 is 0.554 bits per heavy atom. The minimum Gasteiger partial charge on any atom is -0.310 e. The number of benzene rings is 8. The second-order valence-corrected chi connectivity index (χ2v) is 14.2. The van der Waals surface area contributed by atoms with Gasteiger partial charge in [-0.1, -0.05) is 158 Å². The van der Waals surface area contributed by atoms with Crippen LogP contribution in [0.4, 0.5) is 34.1 Å². The van der Waals surface area contributed by atoms with E-state index in [1.54, 1.807) is 0 Å². The summed E-state index contributed by atoms with van der Waals surface area (Å²) in [7, 11) is 0. The van der Waals surface area contributed by atoms with E-state index >= 15 is 0 Å². The minimum atomic E-state index is 0.983. The van der Waals surface area contributed by atoms with Crippen LogP contribution in [0.15, 0.2) is 206 Å². The van der Waals surface area contributed by atoms with Gasteiger partial charge in [0.1, 0.15) is 0 Å². The molecule has 0 unspecified atom stereocenters. The highest BCUT2D eigenvalue weighted by Gasteiger charge is 2.21. The molecule has 0 N–H and O–H groups in total. The molecular formula is C54H42N2. The number of rotatable bonds is 10. The molecule has 9 rings (SSSR count). The third-order valence-corrected chi connectivity index (χ3v) is 10.5. The molecule has 8 aromatic rings. The highest BCUT2D eigenvalue weighted by molar-refractivity contribution is 5.85. The summed E-state index contributed by atoms with van der Waals surface area (Å²) in [5, 5.41) is 0. The lowest BCUT2D eigenvalue weighted by atomic mass is 9.85. The Kier molecular flexibility index (Phi) is 9.92. The number of anilines is 6. The first-order valence-electron chi connectivity index (χ1n) is 19.4. The fourth-order valence-electron chi connectivity index (χ4n) is 7.68. The van der Waals surface area contributed by atoms with Crippen molar-refractivity contribution in [2.45, 2.75) is 12.8 Å². The number of hydrogen-bond donors (Lipinski definition) is 0. The summed E-state index contributed by atoms with van der Waals surface area (Å²) >= 11 is 0. The maximum atomic E-state index is 2.40. The van der Waals surface area contributed by atoms with Crippen molar-refractivity contribution >= 4 is 58.4 Å². The van der Waals surface area contributed by atoms with Crippen LogP contribution in [0.2, 0.25) is 0 Å². The number of aryl methyl sites for hydroxylation is 2. The van der Waals surface area contributed by atoms with Crippen molar-refractivity contribution in [2.24, 2.45) is 0 Å². The van der Waals surface area contributed by atoms with Crippen LogP contribution in [0, 0.1) is 0 Å². The lowest BCUT2D eigenvalue weighted by Crippen LogP contribution is -2.13. The Hall–Kier alpha value is -7.16. The molecule has 0 aromatic heterocycles. The Labute approximate surface area is 330 Å². The molecule has 0 saturated carbocycles. The summed E-state index contributed by atoms with van der Waals surface area (Å²) in [6, 6.07) is 74.0. The molecule has 0 spiro atoms. The molecule has 1 aliphatic rings. The monoisotopic (exact) mass is 718 g/mol. The maximum absolute atomic E-state index is 2.40. The van der Waals surface area contributed by atoms with Crippen molar-refractivity contribution in [1.82, 2.24) is 0 Å². The van der Waals surface area contributed by atoms with Crippen LogP contribution in [0.5, 0.6) is 0 Å². The van der Waals surface area contributed by atoms with Crippen molar-refractivity contribution < 1.29 is 0 Å². The average Bonchev–Trinajstić information content (AvgIpc) is 3.27. The van der Waals surface area contributed by atoms with E-state index < -0.39 is 0 Å². The summed E-state index contributed by atoms with van der Waals surface area (Å²) in [5.41, 5.74) is 17.0. The van der Waals surface area contributed by atoms with E-state index in [1.807, 2.05) is 0 Å². The fraction of sp³-hybridized carbons (Fsp3) is 0.0370. The van der Waals surface area contributed by atoms with Crippen LogP contribution in [-0.2, 0) is 12.8 Å². The predicted molar refractivity (Wildman–Crippen MR) is 239 cm³/mol. The van der Waals surface area contributed by atoms with Crippen molar-refractivity contribution in [2.75, 3.05) is 9.80 Å². The first-order chi connectivity index (χ1) is 27.7. The van der Waals surface area contributed by atoms with Gasteiger partial charge in [-0.25, -0.2) is 0 Å². The highest BCUT2D eigenvalue weighted by Crippen LogP contribution is 2.43. The molecule has 0 bridgehead atoms. The smallest absolute Gasteiger partial charge is 0.0464 e. The van der Waals surface area contributed by atoms with E-state index in [0.29, 0.717) is 0 Å². The number of fused-ring (bicyclic) bond motifs is 3. The summed E-state index contributed by atoms with van der Waals surface area (Å²) < 4.78 is 0. The molecule has 8 aromatic carbocycles. The van der Waals surface area contributed by atoms with Crippen LogP contribution >= 0.6 is 0 Å². The van der Waals surface area contributed by atoms with E-state index in [-0.39, 0.29) is 0 Å². The van der Waals surface area contributed by atoms with E-state index in [2.05, 4.69) is 240 Å². The van der Waals surface area contributed by atoms with Crippen molar-refractivity contribution in [1.29, 1.82) is 0 Å².